The van der Waals surface area contributed by atoms with Crippen LogP contribution < -0.4 is 5.32 Å². The first-order chi connectivity index (χ1) is 7.63. The Morgan fingerprint density at radius 3 is 2.88 bits per heavy atom. The molecule has 2 nitrogen and oxygen atoms in total. The highest BCUT2D eigenvalue weighted by atomic mass is 35.5. The van der Waals surface area contributed by atoms with Crippen LogP contribution in [0.1, 0.15) is 31.7 Å². The van der Waals surface area contributed by atoms with Gasteiger partial charge in [0.1, 0.15) is 5.82 Å². The van der Waals surface area contributed by atoms with Crippen molar-refractivity contribution >= 4 is 17.5 Å². The van der Waals surface area contributed by atoms with Crippen molar-refractivity contribution in [2.45, 2.75) is 32.7 Å². The fourth-order valence-corrected chi connectivity index (χ4v) is 1.44. The summed E-state index contributed by atoms with van der Waals surface area (Å²) in [5.41, 5.74) is 0.453. The predicted molar refractivity (Wildman–Crippen MR) is 62.8 cm³/mol. The number of nitrogens with one attached hydrogen (secondary N) is 1. The Bertz CT molecular complexity index is 368. The van der Waals surface area contributed by atoms with Crippen molar-refractivity contribution in [2.75, 3.05) is 0 Å². The van der Waals surface area contributed by atoms with Crippen LogP contribution in [-0.2, 0) is 11.3 Å². The summed E-state index contributed by atoms with van der Waals surface area (Å²) in [7, 11) is 0. The molecular weight excluding hydrogens is 229 g/mol. The normalized spacial score (nSPS) is 10.2. The lowest BCUT2D eigenvalue weighted by Gasteiger charge is -2.06. The zero-order valence-corrected chi connectivity index (χ0v) is 9.98. The number of unbranched alkanes of at least 4 members (excludes halogenated alkanes) is 1. The van der Waals surface area contributed by atoms with Gasteiger partial charge < -0.3 is 5.32 Å². The molecule has 1 aromatic rings. The highest BCUT2D eigenvalue weighted by molar-refractivity contribution is 6.30. The molecule has 1 N–H and O–H groups in total. The number of amides is 1. The molecule has 0 radical (unpaired) electrons. The first-order valence-electron chi connectivity index (χ1n) is 5.34. The van der Waals surface area contributed by atoms with Gasteiger partial charge in [-0.15, -0.1) is 0 Å². The Kier molecular flexibility index (Phi) is 5.26. The van der Waals surface area contributed by atoms with Crippen LogP contribution >= 0.6 is 11.6 Å². The van der Waals surface area contributed by atoms with Gasteiger partial charge in [0.15, 0.2) is 0 Å². The maximum absolute atomic E-state index is 13.3. The number of hydrogen-bond acceptors (Lipinski definition) is 1. The predicted octanol–water partition coefficient (Wildman–Crippen LogP) is 3.29. The Balaban J connectivity index is 2.45. The molecule has 88 valence electrons. The lowest BCUT2D eigenvalue weighted by Crippen LogP contribution is -2.22. The monoisotopic (exact) mass is 243 g/mol. The van der Waals surface area contributed by atoms with Crippen molar-refractivity contribution in [3.05, 3.63) is 34.6 Å². The average molecular weight is 244 g/mol. The van der Waals surface area contributed by atoms with Gasteiger partial charge in [0, 0.05) is 23.6 Å². The lowest BCUT2D eigenvalue weighted by atomic mass is 10.2. The smallest absolute Gasteiger partial charge is 0.220 e. The van der Waals surface area contributed by atoms with Crippen molar-refractivity contribution in [1.82, 2.24) is 5.32 Å². The van der Waals surface area contributed by atoms with Gasteiger partial charge in [-0.05, 0) is 18.6 Å². The van der Waals surface area contributed by atoms with Crippen molar-refractivity contribution < 1.29 is 9.18 Å². The van der Waals surface area contributed by atoms with E-state index < -0.39 is 0 Å². The van der Waals surface area contributed by atoms with E-state index in [0.717, 1.165) is 12.8 Å². The summed E-state index contributed by atoms with van der Waals surface area (Å²) in [6.07, 6.45) is 2.32. The second kappa shape index (κ2) is 6.48. The van der Waals surface area contributed by atoms with Crippen molar-refractivity contribution in [1.29, 1.82) is 0 Å². The van der Waals surface area contributed by atoms with E-state index in [1.807, 2.05) is 6.92 Å². The van der Waals surface area contributed by atoms with Gasteiger partial charge in [-0.1, -0.05) is 31.0 Å². The molecule has 0 bridgehead atoms. The second-order valence-corrected chi connectivity index (χ2v) is 4.05. The standard InChI is InChI=1S/C12H15ClFNO/c1-2-3-4-12(16)15-8-9-5-6-10(13)7-11(9)14/h5-7H,2-4,8H2,1H3,(H,15,16). The fraction of sp³-hybridized carbons (Fsp3) is 0.417. The van der Waals surface area contributed by atoms with E-state index >= 15 is 0 Å². The second-order valence-electron chi connectivity index (χ2n) is 3.62. The van der Waals surface area contributed by atoms with Crippen LogP contribution in [0.5, 0.6) is 0 Å². The van der Waals surface area contributed by atoms with E-state index in [9.17, 15) is 9.18 Å². The molecule has 0 saturated carbocycles. The van der Waals surface area contributed by atoms with Crippen molar-refractivity contribution in [2.24, 2.45) is 0 Å². The molecule has 1 aromatic carbocycles. The van der Waals surface area contributed by atoms with Gasteiger partial charge >= 0.3 is 0 Å². The molecule has 0 aliphatic rings. The summed E-state index contributed by atoms with van der Waals surface area (Å²) in [5.74, 6) is -0.431. The Hall–Kier alpha value is -1.09. The lowest BCUT2D eigenvalue weighted by molar-refractivity contribution is -0.121. The summed E-state index contributed by atoms with van der Waals surface area (Å²) in [6.45, 7) is 2.23. The highest BCUT2D eigenvalue weighted by Crippen LogP contribution is 2.14. The first-order valence-corrected chi connectivity index (χ1v) is 5.72. The van der Waals surface area contributed by atoms with Gasteiger partial charge in [0.2, 0.25) is 5.91 Å². The van der Waals surface area contributed by atoms with Gasteiger partial charge in [0.25, 0.3) is 0 Å². The highest BCUT2D eigenvalue weighted by Gasteiger charge is 2.05. The van der Waals surface area contributed by atoms with E-state index in [0.29, 0.717) is 17.0 Å². The van der Waals surface area contributed by atoms with Gasteiger partial charge in [-0.25, -0.2) is 4.39 Å². The molecule has 0 unspecified atom stereocenters. The molecule has 16 heavy (non-hydrogen) atoms. The van der Waals surface area contributed by atoms with Crippen LogP contribution in [-0.4, -0.2) is 5.91 Å². The summed E-state index contributed by atoms with van der Waals surface area (Å²) >= 11 is 5.62. The zero-order valence-electron chi connectivity index (χ0n) is 9.22. The molecule has 0 spiro atoms. The molecule has 1 rings (SSSR count). The minimum absolute atomic E-state index is 0.0452. The minimum atomic E-state index is -0.386. The van der Waals surface area contributed by atoms with Crippen LogP contribution in [0.25, 0.3) is 0 Å². The number of benzene rings is 1. The third kappa shape index (κ3) is 4.19. The average Bonchev–Trinajstić information content (AvgIpc) is 2.25. The molecule has 0 atom stereocenters. The molecule has 1 amide bonds. The zero-order chi connectivity index (χ0) is 12.0. The third-order valence-corrected chi connectivity index (χ3v) is 2.48. The van der Waals surface area contributed by atoms with Crippen LogP contribution in [0, 0.1) is 5.82 Å². The number of halogens is 2. The molecule has 0 saturated heterocycles. The van der Waals surface area contributed by atoms with E-state index in [2.05, 4.69) is 5.32 Å². The largest absolute Gasteiger partial charge is 0.352 e. The molecule has 0 aromatic heterocycles. The maximum atomic E-state index is 13.3. The molecule has 0 fully saturated rings. The van der Waals surface area contributed by atoms with Crippen molar-refractivity contribution in [3.63, 3.8) is 0 Å². The van der Waals surface area contributed by atoms with E-state index in [1.165, 1.54) is 6.07 Å². The quantitative estimate of drug-likeness (QED) is 0.845. The van der Waals surface area contributed by atoms with E-state index in [4.69, 9.17) is 11.6 Å². The molecule has 0 aliphatic heterocycles. The summed E-state index contributed by atoms with van der Waals surface area (Å²) < 4.78 is 13.3. The Labute approximate surface area is 99.8 Å². The number of hydrogen-bond donors (Lipinski definition) is 1. The Morgan fingerprint density at radius 2 is 2.25 bits per heavy atom. The van der Waals surface area contributed by atoms with Crippen LogP contribution in [0.4, 0.5) is 4.39 Å². The number of rotatable bonds is 5. The van der Waals surface area contributed by atoms with E-state index in [-0.39, 0.29) is 18.3 Å². The van der Waals surface area contributed by atoms with Crippen LogP contribution in [0.3, 0.4) is 0 Å². The minimum Gasteiger partial charge on any atom is -0.352 e. The third-order valence-electron chi connectivity index (χ3n) is 2.25. The summed E-state index contributed by atoms with van der Waals surface area (Å²) in [6, 6.07) is 4.44. The molecule has 4 heteroatoms. The SMILES string of the molecule is CCCCC(=O)NCc1ccc(Cl)cc1F. The Morgan fingerprint density at radius 1 is 1.50 bits per heavy atom. The van der Waals surface area contributed by atoms with Crippen LogP contribution in [0.2, 0.25) is 5.02 Å². The van der Waals surface area contributed by atoms with E-state index in [1.54, 1.807) is 12.1 Å². The van der Waals surface area contributed by atoms with Crippen LogP contribution in [0.15, 0.2) is 18.2 Å². The molecule has 0 heterocycles. The number of carbonyl (C=O) groups excluding carboxylic acids is 1. The first kappa shape index (κ1) is 13.0. The van der Waals surface area contributed by atoms with Gasteiger partial charge in [0.05, 0.1) is 0 Å². The summed E-state index contributed by atoms with van der Waals surface area (Å²) in [5, 5.41) is 3.03. The maximum Gasteiger partial charge on any atom is 0.220 e. The fourth-order valence-electron chi connectivity index (χ4n) is 1.28. The number of carbonyl (C=O) groups is 1. The molecular formula is C12H15ClFNO. The summed E-state index contributed by atoms with van der Waals surface area (Å²) in [4.78, 5) is 11.3. The topological polar surface area (TPSA) is 29.1 Å². The van der Waals surface area contributed by atoms with Gasteiger partial charge in [-0.3, -0.25) is 4.79 Å². The molecule has 0 aliphatic carbocycles. The van der Waals surface area contributed by atoms with Gasteiger partial charge in [-0.2, -0.15) is 0 Å². The van der Waals surface area contributed by atoms with Crippen molar-refractivity contribution in [3.8, 4) is 0 Å².